The fraction of sp³-hybridized carbons (Fsp3) is 0.864. The van der Waals surface area contributed by atoms with Crippen LogP contribution >= 0.6 is 0 Å². The monoisotopic (exact) mass is 335 g/mol. The van der Waals surface area contributed by atoms with Gasteiger partial charge in [-0.15, -0.1) is 0 Å². The minimum absolute atomic E-state index is 1.21. The molecule has 0 spiro atoms. The van der Waals surface area contributed by atoms with Crippen LogP contribution in [-0.4, -0.2) is 4.57 Å². The van der Waals surface area contributed by atoms with E-state index in [1.54, 1.807) is 0 Å². The topological polar surface area (TPSA) is 8.81 Å². The van der Waals surface area contributed by atoms with Gasteiger partial charge in [0.2, 0.25) is 0 Å². The second-order valence-corrected chi connectivity index (χ2v) is 7.51. The first-order chi connectivity index (χ1) is 11.8. The maximum atomic E-state index is 2.50. The first kappa shape index (κ1) is 21.3. The summed E-state index contributed by atoms with van der Waals surface area (Å²) in [5.74, 6) is 1.52. The number of aryl methyl sites for hydroxylation is 2. The normalized spacial score (nSPS) is 11.3. The predicted octanol–water partition coefficient (Wildman–Crippen LogP) is 6.36. The molecule has 1 rings (SSSR count). The molecule has 140 valence electrons. The molecule has 0 saturated heterocycles. The third kappa shape index (κ3) is 9.49. The Kier molecular flexibility index (Phi) is 12.9. The molecule has 2 nitrogen and oxygen atoms in total. The molecule has 0 atom stereocenters. The van der Waals surface area contributed by atoms with E-state index < -0.39 is 0 Å². The van der Waals surface area contributed by atoms with E-state index in [0.717, 1.165) is 0 Å². The van der Waals surface area contributed by atoms with E-state index in [1.165, 1.54) is 109 Å². The third-order valence-electron chi connectivity index (χ3n) is 5.22. The molecule has 0 radical (unpaired) electrons. The minimum Gasteiger partial charge on any atom is -0.237 e. The van der Waals surface area contributed by atoms with Gasteiger partial charge >= 0.3 is 0 Å². The van der Waals surface area contributed by atoms with Gasteiger partial charge in [0, 0.05) is 6.42 Å². The van der Waals surface area contributed by atoms with Crippen LogP contribution in [0.25, 0.3) is 0 Å². The molecule has 0 aromatic carbocycles. The zero-order valence-corrected chi connectivity index (χ0v) is 16.9. The molecule has 0 amide bonds. The van der Waals surface area contributed by atoms with Gasteiger partial charge in [-0.3, -0.25) is 0 Å². The second-order valence-electron chi connectivity index (χ2n) is 7.51. The van der Waals surface area contributed by atoms with Gasteiger partial charge in [0.1, 0.15) is 12.4 Å². The zero-order chi connectivity index (χ0) is 17.5. The van der Waals surface area contributed by atoms with Crippen molar-refractivity contribution < 1.29 is 4.57 Å². The van der Waals surface area contributed by atoms with Gasteiger partial charge in [-0.2, -0.15) is 0 Å². The van der Waals surface area contributed by atoms with Crippen LogP contribution in [-0.2, 0) is 20.0 Å². The van der Waals surface area contributed by atoms with Gasteiger partial charge in [-0.25, -0.2) is 9.13 Å². The molecule has 0 N–H and O–H groups in total. The van der Waals surface area contributed by atoms with Crippen LogP contribution in [0.4, 0.5) is 0 Å². The van der Waals surface area contributed by atoms with Crippen molar-refractivity contribution in [3.8, 4) is 0 Å². The van der Waals surface area contributed by atoms with E-state index in [4.69, 9.17) is 0 Å². The fourth-order valence-electron chi connectivity index (χ4n) is 3.56. The number of nitrogens with zero attached hydrogens (tertiary/aromatic N) is 2. The highest BCUT2D eigenvalue weighted by molar-refractivity contribution is 4.84. The highest BCUT2D eigenvalue weighted by atomic mass is 15.1. The maximum absolute atomic E-state index is 2.50. The van der Waals surface area contributed by atoms with Gasteiger partial charge < -0.3 is 0 Å². The van der Waals surface area contributed by atoms with Crippen molar-refractivity contribution in [2.75, 3.05) is 0 Å². The number of hydrogen-bond acceptors (Lipinski definition) is 0. The molecule has 0 saturated carbocycles. The van der Waals surface area contributed by atoms with Gasteiger partial charge in [-0.1, -0.05) is 84.5 Å². The molecule has 0 aliphatic rings. The number of imidazole rings is 1. The standard InChI is InChI=1S/C22H43N2/c1-4-6-8-10-12-13-15-17-19-24-21-20-23(3)22(24)18-16-14-11-9-7-5-2/h20-21H,4-19H2,1-3H3/q+1. The van der Waals surface area contributed by atoms with Crippen LogP contribution in [0.3, 0.4) is 0 Å². The van der Waals surface area contributed by atoms with E-state index in [2.05, 4.69) is 42.4 Å². The molecule has 1 aromatic rings. The quantitative estimate of drug-likeness (QED) is 0.246. The molecular weight excluding hydrogens is 292 g/mol. The Morgan fingerprint density at radius 3 is 1.79 bits per heavy atom. The summed E-state index contributed by atoms with van der Waals surface area (Å²) in [6, 6.07) is 0. The highest BCUT2D eigenvalue weighted by Gasteiger charge is 2.13. The van der Waals surface area contributed by atoms with Crippen molar-refractivity contribution in [3.63, 3.8) is 0 Å². The molecule has 1 aromatic heterocycles. The number of unbranched alkanes of at least 4 members (excludes halogenated alkanes) is 12. The average Bonchev–Trinajstić information content (AvgIpc) is 2.93. The van der Waals surface area contributed by atoms with E-state index in [9.17, 15) is 0 Å². The molecule has 0 unspecified atom stereocenters. The Hall–Kier alpha value is -0.790. The summed E-state index contributed by atoms with van der Waals surface area (Å²) in [6.45, 7) is 5.79. The van der Waals surface area contributed by atoms with Gasteiger partial charge in [0.15, 0.2) is 0 Å². The minimum atomic E-state index is 1.21. The summed E-state index contributed by atoms with van der Waals surface area (Å²) in [7, 11) is 2.21. The van der Waals surface area contributed by atoms with Crippen LogP contribution < -0.4 is 4.57 Å². The van der Waals surface area contributed by atoms with E-state index in [0.29, 0.717) is 0 Å². The SMILES string of the molecule is CCCCCCCCCCn1cc[n+](C)c1CCCCCCCC. The molecule has 0 bridgehead atoms. The highest BCUT2D eigenvalue weighted by Crippen LogP contribution is 2.11. The number of hydrogen-bond donors (Lipinski definition) is 0. The smallest absolute Gasteiger partial charge is 0.237 e. The fourth-order valence-corrected chi connectivity index (χ4v) is 3.56. The number of rotatable bonds is 16. The van der Waals surface area contributed by atoms with Crippen molar-refractivity contribution in [2.45, 2.75) is 117 Å². The molecule has 0 aliphatic heterocycles. The van der Waals surface area contributed by atoms with Crippen molar-refractivity contribution in [2.24, 2.45) is 7.05 Å². The summed E-state index contributed by atoms with van der Waals surface area (Å²) in [4.78, 5) is 0. The average molecular weight is 336 g/mol. The van der Waals surface area contributed by atoms with Crippen LogP contribution in [0.15, 0.2) is 12.4 Å². The van der Waals surface area contributed by atoms with Crippen LogP contribution in [0.5, 0.6) is 0 Å². The van der Waals surface area contributed by atoms with Gasteiger partial charge in [0.05, 0.1) is 13.6 Å². The Morgan fingerprint density at radius 1 is 0.708 bits per heavy atom. The molecule has 0 aliphatic carbocycles. The second kappa shape index (κ2) is 14.5. The molecule has 0 fully saturated rings. The molecular formula is C22H43N2+. The summed E-state index contributed by atoms with van der Waals surface area (Å²) < 4.78 is 4.83. The Balaban J connectivity index is 2.14. The van der Waals surface area contributed by atoms with Gasteiger partial charge in [0.25, 0.3) is 5.82 Å². The van der Waals surface area contributed by atoms with E-state index in [-0.39, 0.29) is 0 Å². The zero-order valence-electron chi connectivity index (χ0n) is 16.9. The van der Waals surface area contributed by atoms with E-state index in [1.807, 2.05) is 0 Å². The molecule has 24 heavy (non-hydrogen) atoms. The van der Waals surface area contributed by atoms with E-state index >= 15 is 0 Å². The number of aromatic nitrogens is 2. The Morgan fingerprint density at radius 2 is 1.21 bits per heavy atom. The van der Waals surface area contributed by atoms with Crippen molar-refractivity contribution in [3.05, 3.63) is 18.2 Å². The molecule has 1 heterocycles. The third-order valence-corrected chi connectivity index (χ3v) is 5.22. The lowest BCUT2D eigenvalue weighted by atomic mass is 10.1. The lowest BCUT2D eigenvalue weighted by molar-refractivity contribution is -0.678. The van der Waals surface area contributed by atoms with Gasteiger partial charge in [-0.05, 0) is 19.3 Å². The van der Waals surface area contributed by atoms with Crippen LogP contribution in [0, 0.1) is 0 Å². The van der Waals surface area contributed by atoms with Crippen molar-refractivity contribution in [1.82, 2.24) is 4.57 Å². The summed E-state index contributed by atoms with van der Waals surface area (Å²) >= 11 is 0. The molecule has 2 heteroatoms. The Labute approximate surface area is 151 Å². The predicted molar refractivity (Wildman–Crippen MR) is 105 cm³/mol. The summed E-state index contributed by atoms with van der Waals surface area (Å²) in [6.07, 6.45) is 25.3. The lowest BCUT2D eigenvalue weighted by Crippen LogP contribution is -2.32. The summed E-state index contributed by atoms with van der Waals surface area (Å²) in [5, 5.41) is 0. The first-order valence-electron chi connectivity index (χ1n) is 10.8. The first-order valence-corrected chi connectivity index (χ1v) is 10.8. The Bertz CT molecular complexity index is 395. The maximum Gasteiger partial charge on any atom is 0.256 e. The lowest BCUT2D eigenvalue weighted by Gasteiger charge is -2.04. The van der Waals surface area contributed by atoms with Crippen molar-refractivity contribution in [1.29, 1.82) is 0 Å². The largest absolute Gasteiger partial charge is 0.256 e. The van der Waals surface area contributed by atoms with Crippen LogP contribution in [0.1, 0.15) is 110 Å². The summed E-state index contributed by atoms with van der Waals surface area (Å²) in [5.41, 5.74) is 0. The van der Waals surface area contributed by atoms with Crippen molar-refractivity contribution >= 4 is 0 Å². The van der Waals surface area contributed by atoms with Crippen LogP contribution in [0.2, 0.25) is 0 Å².